The maximum absolute atomic E-state index is 11.9. The summed E-state index contributed by atoms with van der Waals surface area (Å²) in [6.07, 6.45) is 9.83. The maximum atomic E-state index is 11.9. The lowest BCUT2D eigenvalue weighted by molar-refractivity contribution is -0.138. The van der Waals surface area contributed by atoms with Crippen molar-refractivity contribution in [1.29, 1.82) is 0 Å². The maximum Gasteiger partial charge on any atom is 0.333 e. The molecule has 1 aliphatic carbocycles. The van der Waals surface area contributed by atoms with Crippen molar-refractivity contribution in [2.24, 2.45) is 0 Å². The van der Waals surface area contributed by atoms with Gasteiger partial charge in [-0.25, -0.2) is 9.78 Å². The van der Waals surface area contributed by atoms with Crippen LogP contribution in [0.4, 0.5) is 0 Å². The van der Waals surface area contributed by atoms with Gasteiger partial charge in [-0.2, -0.15) is 0 Å². The van der Waals surface area contributed by atoms with E-state index in [2.05, 4.69) is 4.57 Å². The summed E-state index contributed by atoms with van der Waals surface area (Å²) in [5.74, 6) is 0.800. The van der Waals surface area contributed by atoms with Gasteiger partial charge in [-0.1, -0.05) is 19.3 Å². The normalized spacial score (nSPS) is 15.8. The fraction of sp³-hybridized carbons (Fsp3) is 0.429. The lowest BCUT2D eigenvalue weighted by Gasteiger charge is -2.24. The van der Waals surface area contributed by atoms with Gasteiger partial charge in [0.05, 0.1) is 12.3 Å². The molecule has 5 heteroatoms. The van der Waals surface area contributed by atoms with E-state index in [-0.39, 0.29) is 11.7 Å². The second-order valence-electron chi connectivity index (χ2n) is 6.78. The highest BCUT2D eigenvalue weighted by Crippen LogP contribution is 2.33. The van der Waals surface area contributed by atoms with E-state index >= 15 is 0 Å². The molecule has 1 N–H and O–H groups in total. The van der Waals surface area contributed by atoms with Crippen molar-refractivity contribution >= 4 is 12.0 Å². The lowest BCUT2D eigenvalue weighted by atomic mass is 9.95. The zero-order valence-electron chi connectivity index (χ0n) is 15.4. The van der Waals surface area contributed by atoms with Gasteiger partial charge >= 0.3 is 5.97 Å². The second-order valence-corrected chi connectivity index (χ2v) is 6.78. The standard InChI is InChI=1S/C21H26N2O3/c1-3-26-21(25)15(2)13-17-14-23(18-7-5-4-6-8-18)20(22-17)16-9-11-19(24)12-10-16/h9-14,18,24H,3-8H2,1-2H3. The van der Waals surface area contributed by atoms with Crippen LogP contribution in [0.2, 0.25) is 0 Å². The highest BCUT2D eigenvalue weighted by molar-refractivity contribution is 5.92. The monoisotopic (exact) mass is 354 g/mol. The highest BCUT2D eigenvalue weighted by atomic mass is 16.5. The molecule has 26 heavy (non-hydrogen) atoms. The fourth-order valence-electron chi connectivity index (χ4n) is 3.47. The van der Waals surface area contributed by atoms with Crippen LogP contribution >= 0.6 is 0 Å². The van der Waals surface area contributed by atoms with E-state index in [0.717, 1.165) is 29.9 Å². The largest absolute Gasteiger partial charge is 0.508 e. The van der Waals surface area contributed by atoms with Crippen LogP contribution in [-0.4, -0.2) is 27.2 Å². The predicted octanol–water partition coefficient (Wildman–Crippen LogP) is 4.73. The predicted molar refractivity (Wildman–Crippen MR) is 102 cm³/mol. The molecule has 1 saturated carbocycles. The van der Waals surface area contributed by atoms with Crippen molar-refractivity contribution < 1.29 is 14.6 Å². The number of aromatic hydroxyl groups is 1. The highest BCUT2D eigenvalue weighted by Gasteiger charge is 2.20. The summed E-state index contributed by atoms with van der Waals surface area (Å²) in [5, 5.41) is 9.57. The molecule has 0 unspecified atom stereocenters. The number of hydrogen-bond donors (Lipinski definition) is 1. The zero-order chi connectivity index (χ0) is 18.5. The first-order chi connectivity index (χ1) is 12.6. The average molecular weight is 354 g/mol. The third-order valence-corrected chi connectivity index (χ3v) is 4.81. The van der Waals surface area contributed by atoms with Crippen LogP contribution in [0.5, 0.6) is 5.75 Å². The van der Waals surface area contributed by atoms with Gasteiger partial charge in [0.2, 0.25) is 0 Å². The summed E-state index contributed by atoms with van der Waals surface area (Å²) in [7, 11) is 0. The molecular formula is C21H26N2O3. The van der Waals surface area contributed by atoms with Crippen LogP contribution in [-0.2, 0) is 9.53 Å². The summed E-state index contributed by atoms with van der Waals surface area (Å²) in [5.41, 5.74) is 2.25. The molecular weight excluding hydrogens is 328 g/mol. The number of phenolic OH excluding ortho intramolecular Hbond substituents is 1. The number of imidazole rings is 1. The summed E-state index contributed by atoms with van der Waals surface area (Å²) < 4.78 is 7.29. The first-order valence-corrected chi connectivity index (χ1v) is 9.32. The Kier molecular flexibility index (Phi) is 5.76. The number of nitrogens with zero attached hydrogens (tertiary/aromatic N) is 2. The number of rotatable bonds is 5. The van der Waals surface area contributed by atoms with E-state index in [1.165, 1.54) is 19.3 Å². The van der Waals surface area contributed by atoms with E-state index < -0.39 is 0 Å². The number of hydrogen-bond acceptors (Lipinski definition) is 4. The Morgan fingerprint density at radius 3 is 2.62 bits per heavy atom. The number of ether oxygens (including phenoxy) is 1. The van der Waals surface area contributed by atoms with Crippen LogP contribution in [0, 0.1) is 0 Å². The van der Waals surface area contributed by atoms with Crippen LogP contribution in [0.15, 0.2) is 36.0 Å². The van der Waals surface area contributed by atoms with Gasteiger partial charge in [-0.05, 0) is 57.0 Å². The van der Waals surface area contributed by atoms with Crippen molar-refractivity contribution in [3.8, 4) is 17.1 Å². The quantitative estimate of drug-likeness (QED) is 0.623. The Morgan fingerprint density at radius 2 is 1.96 bits per heavy atom. The van der Waals surface area contributed by atoms with Crippen LogP contribution in [0.3, 0.4) is 0 Å². The average Bonchev–Trinajstić information content (AvgIpc) is 3.07. The summed E-state index contributed by atoms with van der Waals surface area (Å²) >= 11 is 0. The number of carbonyl (C=O) groups excluding carboxylic acids is 1. The molecule has 0 radical (unpaired) electrons. The molecule has 0 atom stereocenters. The Bertz CT molecular complexity index is 784. The van der Waals surface area contributed by atoms with Crippen LogP contribution < -0.4 is 0 Å². The van der Waals surface area contributed by atoms with Crippen molar-refractivity contribution in [2.45, 2.75) is 52.0 Å². The number of aromatic nitrogens is 2. The lowest BCUT2D eigenvalue weighted by Crippen LogP contribution is -2.13. The Labute approximate surface area is 154 Å². The van der Waals surface area contributed by atoms with Gasteiger partial charge < -0.3 is 14.4 Å². The molecule has 3 rings (SSSR count). The van der Waals surface area contributed by atoms with E-state index in [1.807, 2.05) is 18.3 Å². The minimum atomic E-state index is -0.314. The molecule has 5 nitrogen and oxygen atoms in total. The van der Waals surface area contributed by atoms with Crippen LogP contribution in [0.1, 0.15) is 57.7 Å². The van der Waals surface area contributed by atoms with Crippen molar-refractivity contribution in [2.75, 3.05) is 6.61 Å². The summed E-state index contributed by atoms with van der Waals surface area (Å²) in [6, 6.07) is 7.53. The minimum absolute atomic E-state index is 0.239. The third-order valence-electron chi connectivity index (χ3n) is 4.81. The molecule has 138 valence electrons. The summed E-state index contributed by atoms with van der Waals surface area (Å²) in [6.45, 7) is 3.91. The minimum Gasteiger partial charge on any atom is -0.508 e. The molecule has 1 heterocycles. The van der Waals surface area contributed by atoms with Gasteiger partial charge in [0.1, 0.15) is 11.6 Å². The summed E-state index contributed by atoms with van der Waals surface area (Å²) in [4.78, 5) is 16.7. The second kappa shape index (κ2) is 8.21. The Morgan fingerprint density at radius 1 is 1.27 bits per heavy atom. The number of carbonyl (C=O) groups is 1. The molecule has 1 aromatic carbocycles. The first kappa shape index (κ1) is 18.2. The molecule has 1 aliphatic rings. The molecule has 0 bridgehead atoms. The molecule has 0 aliphatic heterocycles. The van der Waals surface area contributed by atoms with Gasteiger partial charge in [0.25, 0.3) is 0 Å². The van der Waals surface area contributed by atoms with E-state index in [9.17, 15) is 9.90 Å². The third kappa shape index (κ3) is 4.15. The first-order valence-electron chi connectivity index (χ1n) is 9.32. The molecule has 0 amide bonds. The van der Waals surface area contributed by atoms with Gasteiger partial charge in [0, 0.05) is 23.4 Å². The molecule has 1 fully saturated rings. The SMILES string of the molecule is CCOC(=O)C(C)=Cc1cn(C2CCCCC2)c(-c2ccc(O)cc2)n1. The molecule has 0 spiro atoms. The van der Waals surface area contributed by atoms with Crippen molar-refractivity contribution in [3.05, 3.63) is 41.7 Å². The van der Waals surface area contributed by atoms with Crippen molar-refractivity contribution in [3.63, 3.8) is 0 Å². The van der Waals surface area contributed by atoms with Gasteiger partial charge in [0.15, 0.2) is 0 Å². The zero-order valence-corrected chi connectivity index (χ0v) is 15.4. The topological polar surface area (TPSA) is 64.3 Å². The fourth-order valence-corrected chi connectivity index (χ4v) is 3.47. The number of benzene rings is 1. The van der Waals surface area contributed by atoms with Gasteiger partial charge in [-0.15, -0.1) is 0 Å². The van der Waals surface area contributed by atoms with Crippen LogP contribution in [0.25, 0.3) is 17.5 Å². The molecule has 1 aromatic heterocycles. The van der Waals surface area contributed by atoms with Gasteiger partial charge in [-0.3, -0.25) is 0 Å². The smallest absolute Gasteiger partial charge is 0.333 e. The number of esters is 1. The molecule has 2 aromatic rings. The van der Waals surface area contributed by atoms with Crippen molar-refractivity contribution in [1.82, 2.24) is 9.55 Å². The Hall–Kier alpha value is -2.56. The molecule has 0 saturated heterocycles. The van der Waals surface area contributed by atoms with E-state index in [1.54, 1.807) is 32.1 Å². The van der Waals surface area contributed by atoms with E-state index in [0.29, 0.717) is 18.2 Å². The van der Waals surface area contributed by atoms with E-state index in [4.69, 9.17) is 9.72 Å². The Balaban J connectivity index is 1.98. The number of phenols is 1.